The predicted octanol–water partition coefficient (Wildman–Crippen LogP) is 5.16. The Balaban J connectivity index is 1.22. The van der Waals surface area contributed by atoms with E-state index in [-0.39, 0.29) is 11.9 Å². The first kappa shape index (κ1) is 22.7. The lowest BCUT2D eigenvalue weighted by molar-refractivity contribution is -0.129. The third kappa shape index (κ3) is 4.44. The highest BCUT2D eigenvalue weighted by atomic mass is 32.2. The number of rotatable bonds is 6. The number of likely N-dealkylation sites (tertiary alicyclic amines) is 1. The Hall–Kier alpha value is -3.78. The fraction of sp³-hybridized carbons (Fsp3) is 0.250. The minimum atomic E-state index is 0.0424. The molecular formula is C28H26N4O3S. The van der Waals surface area contributed by atoms with Gasteiger partial charge in [0.1, 0.15) is 13.2 Å². The van der Waals surface area contributed by atoms with Crippen LogP contribution in [-0.2, 0) is 4.79 Å². The molecule has 2 aliphatic rings. The fourth-order valence-corrected chi connectivity index (χ4v) is 5.67. The van der Waals surface area contributed by atoms with Crippen LogP contribution in [0, 0.1) is 0 Å². The predicted molar refractivity (Wildman–Crippen MR) is 139 cm³/mol. The number of hydrogen-bond acceptors (Lipinski definition) is 6. The van der Waals surface area contributed by atoms with Crippen LogP contribution in [-0.4, -0.2) is 51.1 Å². The number of carbonyl (C=O) groups is 1. The van der Waals surface area contributed by atoms with Gasteiger partial charge in [0.25, 0.3) is 0 Å². The largest absolute Gasteiger partial charge is 0.486 e. The second kappa shape index (κ2) is 10.1. The zero-order valence-electron chi connectivity index (χ0n) is 19.7. The van der Waals surface area contributed by atoms with Crippen molar-refractivity contribution in [1.29, 1.82) is 0 Å². The summed E-state index contributed by atoms with van der Waals surface area (Å²) in [6.07, 6.45) is 1.92. The van der Waals surface area contributed by atoms with Crippen LogP contribution in [0.5, 0.6) is 11.5 Å². The van der Waals surface area contributed by atoms with E-state index in [9.17, 15) is 4.79 Å². The van der Waals surface area contributed by atoms with E-state index < -0.39 is 0 Å². The number of ether oxygens (including phenoxy) is 2. The van der Waals surface area contributed by atoms with E-state index in [1.54, 1.807) is 0 Å². The van der Waals surface area contributed by atoms with Crippen molar-refractivity contribution in [3.63, 3.8) is 0 Å². The van der Waals surface area contributed by atoms with Gasteiger partial charge in [-0.15, -0.1) is 10.2 Å². The topological polar surface area (TPSA) is 69.5 Å². The molecule has 0 radical (unpaired) electrons. The third-order valence-corrected chi connectivity index (χ3v) is 7.44. The Labute approximate surface area is 214 Å². The van der Waals surface area contributed by atoms with Crippen LogP contribution in [0.4, 0.5) is 0 Å². The summed E-state index contributed by atoms with van der Waals surface area (Å²) >= 11 is 1.43. The number of nitrogens with zero attached hydrogens (tertiary/aromatic N) is 4. The quantitative estimate of drug-likeness (QED) is 0.342. The molecule has 3 aromatic carbocycles. The third-order valence-electron chi connectivity index (χ3n) is 6.53. The van der Waals surface area contributed by atoms with Crippen molar-refractivity contribution in [1.82, 2.24) is 19.7 Å². The molecule has 36 heavy (non-hydrogen) atoms. The number of aromatic nitrogens is 3. The normalized spacial score (nSPS) is 16.8. The summed E-state index contributed by atoms with van der Waals surface area (Å²) in [6, 6.07) is 26.1. The molecule has 1 fully saturated rings. The van der Waals surface area contributed by atoms with Crippen molar-refractivity contribution in [3.8, 4) is 28.6 Å². The van der Waals surface area contributed by atoms with Crippen molar-refractivity contribution >= 4 is 17.7 Å². The Morgan fingerprint density at radius 3 is 2.47 bits per heavy atom. The van der Waals surface area contributed by atoms with Gasteiger partial charge in [0.15, 0.2) is 22.5 Å². The molecule has 1 amide bonds. The number of carbonyl (C=O) groups excluding carboxylic acids is 1. The summed E-state index contributed by atoms with van der Waals surface area (Å²) in [5, 5.41) is 9.65. The maximum absolute atomic E-state index is 13.4. The Kier molecular flexibility index (Phi) is 6.34. The standard InChI is InChI=1S/C28H26N4O3S/c33-26(31-15-7-12-23(31)21-13-14-24-25(18-21)35-17-16-34-24)19-36-28-30-29-27(20-8-3-1-4-9-20)32(28)22-10-5-2-6-11-22/h1-6,8-11,13-14,18,23H,7,12,15-17,19H2/t23-/m1/s1. The van der Waals surface area contributed by atoms with Crippen LogP contribution in [0.25, 0.3) is 17.1 Å². The molecule has 1 saturated heterocycles. The van der Waals surface area contributed by atoms with Crippen molar-refractivity contribution in [3.05, 3.63) is 84.4 Å². The summed E-state index contributed by atoms with van der Waals surface area (Å²) < 4.78 is 13.5. The highest BCUT2D eigenvalue weighted by Crippen LogP contribution is 2.38. The minimum absolute atomic E-state index is 0.0424. The first-order chi connectivity index (χ1) is 17.8. The van der Waals surface area contributed by atoms with Gasteiger partial charge in [0, 0.05) is 17.8 Å². The summed E-state index contributed by atoms with van der Waals surface area (Å²) in [5.74, 6) is 2.68. The summed E-state index contributed by atoms with van der Waals surface area (Å²) in [7, 11) is 0. The highest BCUT2D eigenvalue weighted by Gasteiger charge is 2.31. The lowest BCUT2D eigenvalue weighted by Crippen LogP contribution is -2.32. The van der Waals surface area contributed by atoms with Crippen LogP contribution in [0.15, 0.2) is 84.0 Å². The molecule has 3 heterocycles. The van der Waals surface area contributed by atoms with Gasteiger partial charge in [-0.25, -0.2) is 0 Å². The van der Waals surface area contributed by atoms with E-state index in [1.807, 2.05) is 82.3 Å². The Bertz CT molecular complexity index is 1360. The number of hydrogen-bond donors (Lipinski definition) is 0. The van der Waals surface area contributed by atoms with Crippen LogP contribution >= 0.6 is 11.8 Å². The van der Waals surface area contributed by atoms with Crippen LogP contribution in [0.2, 0.25) is 0 Å². The van der Waals surface area contributed by atoms with Gasteiger partial charge < -0.3 is 14.4 Å². The molecule has 0 bridgehead atoms. The van der Waals surface area contributed by atoms with Crippen molar-refractivity contribution in [2.24, 2.45) is 0 Å². The first-order valence-electron chi connectivity index (χ1n) is 12.2. The molecule has 2 aliphatic heterocycles. The summed E-state index contributed by atoms with van der Waals surface area (Å²) in [4.78, 5) is 15.4. The zero-order chi connectivity index (χ0) is 24.3. The maximum Gasteiger partial charge on any atom is 0.233 e. The van der Waals surface area contributed by atoms with Crippen LogP contribution < -0.4 is 9.47 Å². The molecule has 0 N–H and O–H groups in total. The molecule has 0 unspecified atom stereocenters. The average Bonchev–Trinajstić information content (AvgIpc) is 3.60. The van der Waals surface area contributed by atoms with Gasteiger partial charge in [-0.3, -0.25) is 9.36 Å². The van der Waals surface area contributed by atoms with Gasteiger partial charge >= 0.3 is 0 Å². The van der Waals surface area contributed by atoms with Crippen molar-refractivity contribution in [2.75, 3.05) is 25.5 Å². The van der Waals surface area contributed by atoms with Crippen LogP contribution in [0.1, 0.15) is 24.4 Å². The SMILES string of the molecule is O=C(CSc1nnc(-c2ccccc2)n1-c1ccccc1)N1CCC[C@@H]1c1ccc2c(c1)OCCO2. The molecule has 1 aromatic heterocycles. The van der Waals surface area contributed by atoms with E-state index in [4.69, 9.17) is 9.47 Å². The maximum atomic E-state index is 13.4. The molecule has 182 valence electrons. The van der Waals surface area contributed by atoms with Gasteiger partial charge in [-0.1, -0.05) is 66.4 Å². The number of thioether (sulfide) groups is 1. The van der Waals surface area contributed by atoms with Gasteiger partial charge in [-0.2, -0.15) is 0 Å². The van der Waals surface area contributed by atoms with E-state index in [2.05, 4.69) is 16.3 Å². The second-order valence-electron chi connectivity index (χ2n) is 8.78. The van der Waals surface area contributed by atoms with E-state index in [0.717, 1.165) is 53.5 Å². The lowest BCUT2D eigenvalue weighted by Gasteiger charge is -2.26. The van der Waals surface area contributed by atoms with E-state index in [0.29, 0.717) is 24.1 Å². The monoisotopic (exact) mass is 498 g/mol. The molecular weight excluding hydrogens is 472 g/mol. The molecule has 0 saturated carbocycles. The van der Waals surface area contributed by atoms with Gasteiger partial charge in [0.2, 0.25) is 5.91 Å². The Morgan fingerprint density at radius 1 is 0.917 bits per heavy atom. The first-order valence-corrected chi connectivity index (χ1v) is 13.1. The Morgan fingerprint density at radius 2 is 1.67 bits per heavy atom. The highest BCUT2D eigenvalue weighted by molar-refractivity contribution is 7.99. The zero-order valence-corrected chi connectivity index (χ0v) is 20.6. The molecule has 1 atom stereocenters. The molecule has 7 nitrogen and oxygen atoms in total. The summed E-state index contributed by atoms with van der Waals surface area (Å²) in [5.41, 5.74) is 3.03. The molecule has 0 aliphatic carbocycles. The van der Waals surface area contributed by atoms with Crippen molar-refractivity contribution < 1.29 is 14.3 Å². The molecule has 6 rings (SSSR count). The molecule has 8 heteroatoms. The number of amides is 1. The van der Waals surface area contributed by atoms with Crippen LogP contribution in [0.3, 0.4) is 0 Å². The summed E-state index contributed by atoms with van der Waals surface area (Å²) in [6.45, 7) is 1.86. The number of fused-ring (bicyclic) bond motifs is 1. The van der Waals surface area contributed by atoms with Gasteiger partial charge in [0.05, 0.1) is 11.8 Å². The molecule has 0 spiro atoms. The number of benzene rings is 3. The van der Waals surface area contributed by atoms with E-state index in [1.165, 1.54) is 11.8 Å². The average molecular weight is 499 g/mol. The van der Waals surface area contributed by atoms with Crippen molar-refractivity contribution in [2.45, 2.75) is 24.0 Å². The van der Waals surface area contributed by atoms with Gasteiger partial charge in [-0.05, 0) is 42.7 Å². The fourth-order valence-electron chi connectivity index (χ4n) is 4.84. The molecule has 4 aromatic rings. The number of para-hydroxylation sites is 1. The lowest BCUT2D eigenvalue weighted by atomic mass is 10.0. The minimum Gasteiger partial charge on any atom is -0.486 e. The smallest absolute Gasteiger partial charge is 0.233 e. The second-order valence-corrected chi connectivity index (χ2v) is 9.72. The van der Waals surface area contributed by atoms with E-state index >= 15 is 0 Å².